The lowest BCUT2D eigenvalue weighted by Crippen LogP contribution is -2.48. The Morgan fingerprint density at radius 2 is 1.59 bits per heavy atom. The lowest BCUT2D eigenvalue weighted by Gasteiger charge is -2.30. The van der Waals surface area contributed by atoms with Crippen molar-refractivity contribution in [2.75, 3.05) is 20.3 Å². The van der Waals surface area contributed by atoms with Crippen LogP contribution in [0.3, 0.4) is 0 Å². The molecule has 1 atom stereocenters. The number of benzene rings is 2. The smallest absolute Gasteiger partial charge is 0.242 e. The fourth-order valence-corrected chi connectivity index (χ4v) is 3.52. The van der Waals surface area contributed by atoms with Gasteiger partial charge in [-0.25, -0.2) is 4.39 Å². The van der Waals surface area contributed by atoms with E-state index in [0.29, 0.717) is 37.6 Å². The average Bonchev–Trinajstić information content (AvgIpc) is 2.80. The third-order valence-electron chi connectivity index (χ3n) is 5.13. The van der Waals surface area contributed by atoms with Gasteiger partial charge in [0.2, 0.25) is 11.8 Å². The van der Waals surface area contributed by atoms with Gasteiger partial charge in [-0.05, 0) is 62.1 Å². The lowest BCUT2D eigenvalue weighted by molar-refractivity contribution is -0.141. The molecular formula is C25H33FN2O4. The lowest BCUT2D eigenvalue weighted by atomic mass is 10.1. The number of nitrogens with zero attached hydrogens (tertiary/aromatic N) is 1. The molecule has 174 valence electrons. The molecular weight excluding hydrogens is 411 g/mol. The third kappa shape index (κ3) is 6.97. The van der Waals surface area contributed by atoms with Crippen molar-refractivity contribution < 1.29 is 23.5 Å². The molecule has 0 radical (unpaired) electrons. The summed E-state index contributed by atoms with van der Waals surface area (Å²) in [5, 5.41) is 2.64. The normalized spacial score (nSPS) is 11.5. The van der Waals surface area contributed by atoms with Gasteiger partial charge in [-0.15, -0.1) is 0 Å². The van der Waals surface area contributed by atoms with E-state index in [4.69, 9.17) is 9.47 Å². The fraction of sp³-hybridized carbons (Fsp3) is 0.440. The second-order valence-electron chi connectivity index (χ2n) is 7.33. The monoisotopic (exact) mass is 444 g/mol. The summed E-state index contributed by atoms with van der Waals surface area (Å²) in [6, 6.07) is 11.0. The van der Waals surface area contributed by atoms with Crippen molar-refractivity contribution in [3.05, 3.63) is 59.4 Å². The molecule has 2 aromatic rings. The van der Waals surface area contributed by atoms with Gasteiger partial charge in [0.25, 0.3) is 0 Å². The third-order valence-corrected chi connectivity index (χ3v) is 5.13. The Bertz CT molecular complexity index is 886. The van der Waals surface area contributed by atoms with E-state index < -0.39 is 6.04 Å². The van der Waals surface area contributed by atoms with Crippen LogP contribution in [0.2, 0.25) is 0 Å². The summed E-state index contributed by atoms with van der Waals surface area (Å²) in [6.07, 6.45) is 1.20. The number of ether oxygens (including phenoxy) is 2. The molecule has 0 aliphatic carbocycles. The first-order valence-electron chi connectivity index (χ1n) is 11.1. The van der Waals surface area contributed by atoms with Gasteiger partial charge < -0.3 is 19.7 Å². The number of hydrogen-bond donors (Lipinski definition) is 1. The van der Waals surface area contributed by atoms with Gasteiger partial charge in [0.05, 0.1) is 13.2 Å². The van der Waals surface area contributed by atoms with Gasteiger partial charge in [0.1, 0.15) is 11.9 Å². The SMILES string of the molecule is CCOc1ccc(CCC(=O)N(Cc2ccc(F)cc2)[C@H](CC)C(=O)NC)cc1OCC. The molecule has 0 saturated carbocycles. The molecule has 0 aromatic heterocycles. The van der Waals surface area contributed by atoms with Gasteiger partial charge in [-0.3, -0.25) is 9.59 Å². The number of hydrogen-bond acceptors (Lipinski definition) is 4. The first-order valence-corrected chi connectivity index (χ1v) is 11.1. The summed E-state index contributed by atoms with van der Waals surface area (Å²) < 4.78 is 24.6. The van der Waals surface area contributed by atoms with E-state index in [0.717, 1.165) is 11.1 Å². The molecule has 0 unspecified atom stereocenters. The zero-order chi connectivity index (χ0) is 23.5. The van der Waals surface area contributed by atoms with Crippen LogP contribution in [0, 0.1) is 5.82 Å². The Hall–Kier alpha value is -3.09. The summed E-state index contributed by atoms with van der Waals surface area (Å²) in [7, 11) is 1.56. The fourth-order valence-electron chi connectivity index (χ4n) is 3.52. The van der Waals surface area contributed by atoms with E-state index in [9.17, 15) is 14.0 Å². The van der Waals surface area contributed by atoms with Crippen LogP contribution in [-0.2, 0) is 22.6 Å². The van der Waals surface area contributed by atoms with Crippen molar-refractivity contribution >= 4 is 11.8 Å². The van der Waals surface area contributed by atoms with Crippen LogP contribution in [-0.4, -0.2) is 43.0 Å². The van der Waals surface area contributed by atoms with Gasteiger partial charge in [0, 0.05) is 20.0 Å². The van der Waals surface area contributed by atoms with Gasteiger partial charge in [-0.1, -0.05) is 25.1 Å². The number of nitrogens with one attached hydrogen (secondary N) is 1. The first kappa shape index (κ1) is 25.2. The van der Waals surface area contributed by atoms with Crippen molar-refractivity contribution in [3.63, 3.8) is 0 Å². The maximum atomic E-state index is 13.3. The second kappa shape index (κ2) is 12.7. The van der Waals surface area contributed by atoms with Crippen LogP contribution < -0.4 is 14.8 Å². The van der Waals surface area contributed by atoms with Crippen LogP contribution in [0.25, 0.3) is 0 Å². The number of rotatable bonds is 12. The molecule has 0 heterocycles. The summed E-state index contributed by atoms with van der Waals surface area (Å²) in [6.45, 7) is 6.97. The predicted molar refractivity (Wildman–Crippen MR) is 122 cm³/mol. The number of aryl methyl sites for hydroxylation is 1. The first-order chi connectivity index (χ1) is 15.4. The number of amides is 2. The van der Waals surface area contributed by atoms with Crippen LogP contribution >= 0.6 is 0 Å². The van der Waals surface area contributed by atoms with Crippen LogP contribution in [0.5, 0.6) is 11.5 Å². The Kier molecular flexibility index (Phi) is 9.98. The molecule has 2 aromatic carbocycles. The highest BCUT2D eigenvalue weighted by Gasteiger charge is 2.27. The molecule has 0 fully saturated rings. The molecule has 0 aliphatic rings. The van der Waals surface area contributed by atoms with E-state index in [2.05, 4.69) is 5.32 Å². The summed E-state index contributed by atoms with van der Waals surface area (Å²) in [4.78, 5) is 27.2. The molecule has 2 amide bonds. The van der Waals surface area contributed by atoms with E-state index in [-0.39, 0.29) is 30.6 Å². The van der Waals surface area contributed by atoms with Crippen molar-refractivity contribution in [3.8, 4) is 11.5 Å². The summed E-state index contributed by atoms with van der Waals surface area (Å²) in [5.74, 6) is 0.622. The highest BCUT2D eigenvalue weighted by molar-refractivity contribution is 5.87. The van der Waals surface area contributed by atoms with Crippen molar-refractivity contribution in [2.24, 2.45) is 0 Å². The Labute approximate surface area is 189 Å². The van der Waals surface area contributed by atoms with Crippen molar-refractivity contribution in [2.45, 2.75) is 52.6 Å². The minimum absolute atomic E-state index is 0.142. The zero-order valence-electron chi connectivity index (χ0n) is 19.3. The largest absolute Gasteiger partial charge is 0.490 e. The topological polar surface area (TPSA) is 67.9 Å². The molecule has 32 heavy (non-hydrogen) atoms. The van der Waals surface area contributed by atoms with Crippen molar-refractivity contribution in [1.29, 1.82) is 0 Å². The van der Waals surface area contributed by atoms with Crippen LogP contribution in [0.4, 0.5) is 4.39 Å². The molecule has 6 nitrogen and oxygen atoms in total. The Morgan fingerprint density at radius 3 is 2.19 bits per heavy atom. The van der Waals surface area contributed by atoms with Gasteiger partial charge in [-0.2, -0.15) is 0 Å². The molecule has 0 saturated heterocycles. The number of carbonyl (C=O) groups is 2. The zero-order valence-corrected chi connectivity index (χ0v) is 19.3. The molecule has 0 bridgehead atoms. The number of likely N-dealkylation sites (N-methyl/N-ethyl adjacent to an activating group) is 1. The maximum absolute atomic E-state index is 13.3. The van der Waals surface area contributed by atoms with E-state index in [1.165, 1.54) is 12.1 Å². The predicted octanol–water partition coefficient (Wildman–Crippen LogP) is 4.11. The van der Waals surface area contributed by atoms with Crippen LogP contribution in [0.15, 0.2) is 42.5 Å². The minimum Gasteiger partial charge on any atom is -0.490 e. The summed E-state index contributed by atoms with van der Waals surface area (Å²) >= 11 is 0. The number of carbonyl (C=O) groups excluding carboxylic acids is 2. The Balaban J connectivity index is 2.19. The summed E-state index contributed by atoms with van der Waals surface area (Å²) in [5.41, 5.74) is 1.71. The quantitative estimate of drug-likeness (QED) is 0.535. The highest BCUT2D eigenvalue weighted by Crippen LogP contribution is 2.29. The van der Waals surface area contributed by atoms with Gasteiger partial charge >= 0.3 is 0 Å². The van der Waals surface area contributed by atoms with E-state index >= 15 is 0 Å². The van der Waals surface area contributed by atoms with E-state index in [1.807, 2.05) is 39.0 Å². The molecule has 0 spiro atoms. The molecule has 2 rings (SSSR count). The van der Waals surface area contributed by atoms with E-state index in [1.54, 1.807) is 24.1 Å². The second-order valence-corrected chi connectivity index (χ2v) is 7.33. The molecule has 0 aliphatic heterocycles. The van der Waals surface area contributed by atoms with Gasteiger partial charge in [0.15, 0.2) is 11.5 Å². The molecule has 1 N–H and O–H groups in total. The maximum Gasteiger partial charge on any atom is 0.242 e. The van der Waals surface area contributed by atoms with Crippen LogP contribution in [0.1, 0.15) is 44.7 Å². The minimum atomic E-state index is -0.600. The molecule has 7 heteroatoms. The average molecular weight is 445 g/mol. The highest BCUT2D eigenvalue weighted by atomic mass is 19.1. The standard InChI is InChI=1S/C25H33FN2O4/c1-5-21(25(30)27-4)28(17-19-8-12-20(26)13-9-19)24(29)15-11-18-10-14-22(31-6-2)23(16-18)32-7-3/h8-10,12-14,16,21H,5-7,11,15,17H2,1-4H3,(H,27,30)/t21-/m1/s1. The Morgan fingerprint density at radius 1 is 0.969 bits per heavy atom. The number of halogens is 1. The van der Waals surface area contributed by atoms with Crippen molar-refractivity contribution in [1.82, 2.24) is 10.2 Å².